The number of benzene rings is 3. The number of nitrogens with zero attached hydrogens (tertiary/aromatic N) is 2. The first-order chi connectivity index (χ1) is 18.4. The summed E-state index contributed by atoms with van der Waals surface area (Å²) >= 11 is 0. The third-order valence-corrected chi connectivity index (χ3v) is 7.26. The van der Waals surface area contributed by atoms with E-state index in [-0.39, 0.29) is 18.5 Å². The fourth-order valence-corrected chi connectivity index (χ4v) is 4.79. The highest BCUT2D eigenvalue weighted by Crippen LogP contribution is 2.23. The molecule has 2 amide bonds. The quantitative estimate of drug-likeness (QED) is 0.363. The first kappa shape index (κ1) is 29.7. The second-order valence-corrected chi connectivity index (χ2v) is 11.8. The van der Waals surface area contributed by atoms with Crippen molar-refractivity contribution in [3.05, 3.63) is 95.6 Å². The normalized spacial score (nSPS) is 12.1. The third-order valence-electron chi connectivity index (χ3n) is 6.12. The predicted octanol–water partition coefficient (Wildman–Crippen LogP) is 4.28. The first-order valence-electron chi connectivity index (χ1n) is 12.8. The summed E-state index contributed by atoms with van der Waals surface area (Å²) in [6, 6.07) is 23.0. The lowest BCUT2D eigenvalue weighted by Gasteiger charge is -2.32. The molecule has 39 heavy (non-hydrogen) atoms. The Bertz CT molecular complexity index is 1340. The summed E-state index contributed by atoms with van der Waals surface area (Å²) in [4.78, 5) is 27.9. The lowest BCUT2D eigenvalue weighted by molar-refractivity contribution is -0.139. The molecular weight excluding hydrogens is 514 g/mol. The molecular formula is C30H37N3O5S. The minimum absolute atomic E-state index is 0.105. The molecule has 0 saturated heterocycles. The van der Waals surface area contributed by atoms with Gasteiger partial charge in [0.25, 0.3) is 0 Å². The van der Waals surface area contributed by atoms with Gasteiger partial charge in [0, 0.05) is 12.6 Å². The summed E-state index contributed by atoms with van der Waals surface area (Å²) in [5.74, 6) is -0.226. The van der Waals surface area contributed by atoms with Gasteiger partial charge in [0.05, 0.1) is 11.9 Å². The molecule has 0 aliphatic heterocycles. The smallest absolute Gasteiger partial charge is 0.244 e. The average Bonchev–Trinajstić information content (AvgIpc) is 2.89. The van der Waals surface area contributed by atoms with Crippen molar-refractivity contribution < 1.29 is 22.7 Å². The molecule has 0 radical (unpaired) electrons. The fourth-order valence-electron chi connectivity index (χ4n) is 3.94. The van der Waals surface area contributed by atoms with Crippen molar-refractivity contribution in [3.8, 4) is 5.75 Å². The molecule has 3 aromatic rings. The molecule has 0 unspecified atom stereocenters. The molecule has 1 N–H and O–H groups in total. The minimum Gasteiger partial charge on any atom is -0.489 e. The van der Waals surface area contributed by atoms with Crippen molar-refractivity contribution >= 4 is 27.5 Å². The van der Waals surface area contributed by atoms with Gasteiger partial charge in [-0.25, -0.2) is 8.42 Å². The highest BCUT2D eigenvalue weighted by atomic mass is 32.2. The Morgan fingerprint density at radius 3 is 2.05 bits per heavy atom. The van der Waals surface area contributed by atoms with Gasteiger partial charge in [0.2, 0.25) is 21.8 Å². The zero-order valence-electron chi connectivity index (χ0n) is 23.1. The maximum absolute atomic E-state index is 13.6. The molecule has 0 bridgehead atoms. The van der Waals surface area contributed by atoms with E-state index in [0.717, 1.165) is 27.3 Å². The summed E-state index contributed by atoms with van der Waals surface area (Å²) in [5, 5.41) is 2.84. The van der Waals surface area contributed by atoms with E-state index >= 15 is 0 Å². The van der Waals surface area contributed by atoms with Gasteiger partial charge in [-0.05, 0) is 63.1 Å². The Balaban J connectivity index is 1.81. The van der Waals surface area contributed by atoms with E-state index in [2.05, 4.69) is 5.32 Å². The van der Waals surface area contributed by atoms with Crippen molar-refractivity contribution in [3.63, 3.8) is 0 Å². The third kappa shape index (κ3) is 8.85. The summed E-state index contributed by atoms with van der Waals surface area (Å²) in [6.45, 7) is 7.38. The van der Waals surface area contributed by atoms with Crippen LogP contribution in [0.15, 0.2) is 78.9 Å². The Hall–Kier alpha value is -3.85. The molecule has 0 spiro atoms. The van der Waals surface area contributed by atoms with Crippen LogP contribution in [-0.2, 0) is 32.8 Å². The van der Waals surface area contributed by atoms with Crippen LogP contribution >= 0.6 is 0 Å². The maximum atomic E-state index is 13.6. The second-order valence-electron chi connectivity index (χ2n) is 9.88. The molecule has 208 valence electrons. The molecule has 0 heterocycles. The number of sulfonamides is 1. The van der Waals surface area contributed by atoms with Gasteiger partial charge in [0.15, 0.2) is 0 Å². The highest BCUT2D eigenvalue weighted by molar-refractivity contribution is 7.92. The molecule has 1 atom stereocenters. The number of anilines is 1. The van der Waals surface area contributed by atoms with Crippen molar-refractivity contribution in [2.75, 3.05) is 17.1 Å². The van der Waals surface area contributed by atoms with Crippen LogP contribution in [0.25, 0.3) is 0 Å². The van der Waals surface area contributed by atoms with Crippen LogP contribution in [-0.4, -0.2) is 50.0 Å². The lowest BCUT2D eigenvalue weighted by atomic mass is 10.1. The monoisotopic (exact) mass is 551 g/mol. The molecule has 3 rings (SSSR count). The minimum atomic E-state index is -3.81. The molecule has 0 aliphatic carbocycles. The lowest BCUT2D eigenvalue weighted by Crippen LogP contribution is -2.52. The number of carbonyl (C=O) groups excluding carboxylic acids is 2. The van der Waals surface area contributed by atoms with E-state index in [9.17, 15) is 18.0 Å². The van der Waals surface area contributed by atoms with E-state index in [0.29, 0.717) is 18.0 Å². The number of amides is 2. The SMILES string of the molecule is Cc1ccc(CN(C(=O)CN(c2ccc(OCc3ccccc3)cc2)S(C)(=O)=O)[C@H](C)C(=O)NC(C)C)cc1. The maximum Gasteiger partial charge on any atom is 0.244 e. The van der Waals surface area contributed by atoms with Crippen LogP contribution in [0.1, 0.15) is 37.5 Å². The summed E-state index contributed by atoms with van der Waals surface area (Å²) in [7, 11) is -3.81. The van der Waals surface area contributed by atoms with Crippen LogP contribution in [0, 0.1) is 6.92 Å². The van der Waals surface area contributed by atoms with E-state index in [1.54, 1.807) is 31.2 Å². The Labute approximate surface area is 231 Å². The Morgan fingerprint density at radius 2 is 1.49 bits per heavy atom. The van der Waals surface area contributed by atoms with Crippen LogP contribution in [0.3, 0.4) is 0 Å². The standard InChI is InChI=1S/C30H37N3O5S/c1-22(2)31-30(35)24(4)32(19-25-13-11-23(3)12-14-25)29(34)20-33(39(5,36)37)27-15-17-28(18-16-27)38-21-26-9-7-6-8-10-26/h6-18,22,24H,19-21H2,1-5H3,(H,31,35)/t24-/m1/s1. The van der Waals surface area contributed by atoms with Gasteiger partial charge in [-0.15, -0.1) is 0 Å². The van der Waals surface area contributed by atoms with Gasteiger partial charge < -0.3 is 15.0 Å². The van der Waals surface area contributed by atoms with E-state index in [4.69, 9.17) is 4.74 Å². The number of rotatable bonds is 12. The van der Waals surface area contributed by atoms with Gasteiger partial charge >= 0.3 is 0 Å². The van der Waals surface area contributed by atoms with Gasteiger partial charge in [-0.2, -0.15) is 0 Å². The summed E-state index contributed by atoms with van der Waals surface area (Å²) < 4.78 is 32.4. The van der Waals surface area contributed by atoms with Gasteiger partial charge in [-0.1, -0.05) is 60.2 Å². The van der Waals surface area contributed by atoms with Gasteiger partial charge in [-0.3, -0.25) is 13.9 Å². The Morgan fingerprint density at radius 1 is 0.872 bits per heavy atom. The van der Waals surface area contributed by atoms with Crippen molar-refractivity contribution in [2.45, 2.75) is 52.9 Å². The van der Waals surface area contributed by atoms with Crippen LogP contribution in [0.5, 0.6) is 5.75 Å². The predicted molar refractivity (Wildman–Crippen MR) is 154 cm³/mol. The average molecular weight is 552 g/mol. The highest BCUT2D eigenvalue weighted by Gasteiger charge is 2.30. The molecule has 0 saturated carbocycles. The second kappa shape index (κ2) is 13.3. The van der Waals surface area contributed by atoms with Crippen molar-refractivity contribution in [2.24, 2.45) is 0 Å². The van der Waals surface area contributed by atoms with Crippen LogP contribution in [0.4, 0.5) is 5.69 Å². The number of hydrogen-bond donors (Lipinski definition) is 1. The number of nitrogens with one attached hydrogen (secondary N) is 1. The summed E-state index contributed by atoms with van der Waals surface area (Å²) in [6.07, 6.45) is 1.05. The fraction of sp³-hybridized carbons (Fsp3) is 0.333. The molecule has 0 aliphatic rings. The zero-order chi connectivity index (χ0) is 28.6. The number of aryl methyl sites for hydroxylation is 1. The molecule has 0 fully saturated rings. The largest absolute Gasteiger partial charge is 0.489 e. The topological polar surface area (TPSA) is 96.0 Å². The molecule has 8 nitrogen and oxygen atoms in total. The molecule has 0 aromatic heterocycles. The molecule has 9 heteroatoms. The zero-order valence-corrected chi connectivity index (χ0v) is 23.9. The van der Waals surface area contributed by atoms with Crippen LogP contribution < -0.4 is 14.4 Å². The number of hydrogen-bond acceptors (Lipinski definition) is 5. The first-order valence-corrected chi connectivity index (χ1v) is 14.7. The molecule has 3 aromatic carbocycles. The van der Waals surface area contributed by atoms with Gasteiger partial charge in [0.1, 0.15) is 24.9 Å². The number of carbonyl (C=O) groups is 2. The van der Waals surface area contributed by atoms with Crippen LogP contribution in [0.2, 0.25) is 0 Å². The van der Waals surface area contributed by atoms with E-state index in [1.807, 2.05) is 75.4 Å². The van der Waals surface area contributed by atoms with Crippen molar-refractivity contribution in [1.29, 1.82) is 0 Å². The van der Waals surface area contributed by atoms with Crippen molar-refractivity contribution in [1.82, 2.24) is 10.2 Å². The Kier molecular flexibility index (Phi) is 10.1. The summed E-state index contributed by atoms with van der Waals surface area (Å²) in [5.41, 5.74) is 3.24. The van der Waals surface area contributed by atoms with E-state index < -0.39 is 28.5 Å². The van der Waals surface area contributed by atoms with E-state index in [1.165, 1.54) is 4.90 Å². The number of ether oxygens (including phenoxy) is 1.